The molecule has 0 N–H and O–H groups in total. The molecule has 0 spiro atoms. The van der Waals surface area contributed by atoms with E-state index in [4.69, 9.17) is 18.6 Å². The van der Waals surface area contributed by atoms with Crippen LogP contribution in [0.3, 0.4) is 0 Å². The highest BCUT2D eigenvalue weighted by Gasteiger charge is 2.52. The van der Waals surface area contributed by atoms with Crippen molar-refractivity contribution in [3.63, 3.8) is 0 Å². The van der Waals surface area contributed by atoms with Crippen molar-refractivity contribution in [2.24, 2.45) is 11.3 Å². The molecule has 2 heterocycles. The van der Waals surface area contributed by atoms with Crippen molar-refractivity contribution in [1.29, 1.82) is 0 Å². The molecule has 0 bridgehead atoms. The van der Waals surface area contributed by atoms with Crippen LogP contribution < -0.4 is 10.3 Å². The topological polar surface area (TPSA) is 140 Å². The number of nitrogens with zero attached hydrogens (tertiary/aromatic N) is 3. The van der Waals surface area contributed by atoms with E-state index in [1.165, 1.54) is 31.9 Å². The second-order valence-corrected chi connectivity index (χ2v) is 14.7. The molecular weight excluding hydrogens is 614 g/mol. The highest BCUT2D eigenvalue weighted by Crippen LogP contribution is 2.38. The fourth-order valence-electron chi connectivity index (χ4n) is 6.06. The predicted octanol–water partition coefficient (Wildman–Crippen LogP) is 6.83. The molecule has 0 radical (unpaired) electrons. The molecule has 2 aromatic heterocycles. The van der Waals surface area contributed by atoms with E-state index >= 15 is 0 Å². The molecule has 11 nitrogen and oxygen atoms in total. The highest BCUT2D eigenvalue weighted by molar-refractivity contribution is 6.12. The summed E-state index contributed by atoms with van der Waals surface area (Å²) >= 11 is 0. The fraction of sp³-hybridized carbons (Fsp3) is 0.514. The molecular formula is C37H45N3O8. The largest absolute Gasteiger partial charge is 0.493 e. The number of rotatable bonds is 12. The van der Waals surface area contributed by atoms with E-state index < -0.39 is 46.3 Å². The first-order chi connectivity index (χ1) is 22.6. The van der Waals surface area contributed by atoms with E-state index in [1.54, 1.807) is 84.0 Å². The van der Waals surface area contributed by atoms with E-state index in [-0.39, 0.29) is 18.5 Å². The Bertz CT molecular complexity index is 1830. The van der Waals surface area contributed by atoms with Crippen molar-refractivity contribution in [2.45, 2.75) is 104 Å². The van der Waals surface area contributed by atoms with E-state index in [0.29, 0.717) is 40.1 Å². The van der Waals surface area contributed by atoms with E-state index in [9.17, 15) is 19.2 Å². The van der Waals surface area contributed by atoms with E-state index in [0.717, 1.165) is 11.1 Å². The van der Waals surface area contributed by atoms with Crippen LogP contribution in [0.2, 0.25) is 0 Å². The number of hydrogen-bond acceptors (Lipinski definition) is 10. The number of furan rings is 1. The van der Waals surface area contributed by atoms with Gasteiger partial charge in [0.15, 0.2) is 11.2 Å². The maximum absolute atomic E-state index is 14.1. The molecule has 0 atom stereocenters. The number of esters is 2. The Morgan fingerprint density at radius 1 is 0.917 bits per heavy atom. The smallest absolute Gasteiger partial charge is 0.324 e. The molecule has 1 saturated carbocycles. The van der Waals surface area contributed by atoms with Gasteiger partial charge in [-0.1, -0.05) is 43.0 Å². The molecule has 256 valence electrons. The normalized spacial score (nSPS) is 14.4. The minimum absolute atomic E-state index is 0.196. The zero-order valence-electron chi connectivity index (χ0n) is 28.7. The molecule has 2 aromatic carbocycles. The van der Waals surface area contributed by atoms with Crippen molar-refractivity contribution in [3.8, 4) is 5.75 Å². The van der Waals surface area contributed by atoms with Crippen molar-refractivity contribution >= 4 is 39.6 Å². The van der Waals surface area contributed by atoms with Gasteiger partial charge in [0, 0.05) is 24.4 Å². The van der Waals surface area contributed by atoms with Crippen LogP contribution in [0.5, 0.6) is 5.75 Å². The first-order valence-electron chi connectivity index (χ1n) is 16.6. The Kier molecular flexibility index (Phi) is 10.1. The lowest BCUT2D eigenvalue weighted by molar-refractivity contribution is -0.186. The van der Waals surface area contributed by atoms with Crippen molar-refractivity contribution in [3.05, 3.63) is 64.6 Å². The number of fused-ring (bicyclic) bond motifs is 2. The molecule has 11 heteroatoms. The van der Waals surface area contributed by atoms with Gasteiger partial charge in [-0.15, -0.1) is 5.10 Å². The maximum atomic E-state index is 14.1. The minimum atomic E-state index is -2.13. The third-order valence-corrected chi connectivity index (χ3v) is 8.54. The van der Waals surface area contributed by atoms with Crippen molar-refractivity contribution < 1.29 is 33.0 Å². The molecule has 1 fully saturated rings. The SMILES string of the molecule is CC(C)(C)OC(=O)C(CCn1nnc2ccccc2c1=O)(CC(=O)c1coc2cc(OCCC3CCCC3)ccc12)C(=O)OC(C)(C)C. The lowest BCUT2D eigenvalue weighted by Gasteiger charge is -2.34. The fourth-order valence-corrected chi connectivity index (χ4v) is 6.06. The number of carbonyl (C=O) groups excluding carboxylic acids is 3. The summed E-state index contributed by atoms with van der Waals surface area (Å²) in [6, 6.07) is 12.0. The average Bonchev–Trinajstić information content (AvgIpc) is 3.68. The lowest BCUT2D eigenvalue weighted by Crippen LogP contribution is -2.49. The van der Waals surface area contributed by atoms with Gasteiger partial charge in [-0.05, 0) is 84.6 Å². The summed E-state index contributed by atoms with van der Waals surface area (Å²) in [5.41, 5.74) is -3.52. The number of aromatic nitrogens is 3. The van der Waals surface area contributed by atoms with Gasteiger partial charge in [-0.3, -0.25) is 19.2 Å². The minimum Gasteiger partial charge on any atom is -0.493 e. The maximum Gasteiger partial charge on any atom is 0.324 e. The highest BCUT2D eigenvalue weighted by atomic mass is 16.6. The molecule has 48 heavy (non-hydrogen) atoms. The van der Waals surface area contributed by atoms with Crippen LogP contribution in [0.1, 0.15) is 96.8 Å². The van der Waals surface area contributed by atoms with Crippen molar-refractivity contribution in [2.75, 3.05) is 6.61 Å². The zero-order chi connectivity index (χ0) is 34.7. The Morgan fingerprint density at radius 3 is 2.25 bits per heavy atom. The van der Waals surface area contributed by atoms with Gasteiger partial charge < -0.3 is 18.6 Å². The number of ketones is 1. The Hall–Kier alpha value is -4.54. The van der Waals surface area contributed by atoms with Crippen LogP contribution in [0.25, 0.3) is 21.9 Å². The monoisotopic (exact) mass is 659 g/mol. The molecule has 0 saturated heterocycles. The number of ether oxygens (including phenoxy) is 3. The van der Waals surface area contributed by atoms with Gasteiger partial charge in [0.25, 0.3) is 5.56 Å². The van der Waals surface area contributed by atoms with Gasteiger partial charge in [-0.2, -0.15) is 0 Å². The molecule has 0 unspecified atom stereocenters. The first-order valence-corrected chi connectivity index (χ1v) is 16.6. The molecule has 0 amide bonds. The van der Waals surface area contributed by atoms with Gasteiger partial charge in [-0.25, -0.2) is 4.68 Å². The quantitative estimate of drug-likeness (QED) is 0.0903. The second-order valence-electron chi connectivity index (χ2n) is 14.7. The second kappa shape index (κ2) is 13.9. The Labute approximate surface area is 279 Å². The average molecular weight is 660 g/mol. The number of benzene rings is 2. The summed E-state index contributed by atoms with van der Waals surface area (Å²) < 4.78 is 24.4. The summed E-state index contributed by atoms with van der Waals surface area (Å²) in [7, 11) is 0. The summed E-state index contributed by atoms with van der Waals surface area (Å²) in [5.74, 6) is -1.08. The van der Waals surface area contributed by atoms with Gasteiger partial charge in [0.1, 0.15) is 34.3 Å². The third kappa shape index (κ3) is 8.11. The molecule has 5 rings (SSSR count). The zero-order valence-corrected chi connectivity index (χ0v) is 28.7. The Morgan fingerprint density at radius 2 is 1.58 bits per heavy atom. The molecule has 0 aliphatic heterocycles. The number of hydrogen-bond donors (Lipinski definition) is 0. The number of Topliss-reactive ketones (excluding diaryl/α,β-unsaturated/α-hetero) is 1. The standard InChI is InChI=1S/C37H45N3O8/c1-35(2,3)47-33(43)37(34(44)48-36(4,5)6,18-19-40-32(42)27-13-9-10-14-29(27)38-39-40)22-30(41)28-23-46-31-21-25(15-16-26(28)31)45-20-17-24-11-7-8-12-24/h9-10,13-16,21,23-24H,7-8,11-12,17-20,22H2,1-6H3. The molecule has 1 aliphatic rings. The number of carbonyl (C=O) groups is 3. The predicted molar refractivity (Wildman–Crippen MR) is 180 cm³/mol. The van der Waals surface area contributed by atoms with Crippen LogP contribution >= 0.6 is 0 Å². The van der Waals surface area contributed by atoms with Crippen LogP contribution in [0.15, 0.2) is 57.9 Å². The van der Waals surface area contributed by atoms with E-state index in [1.807, 2.05) is 0 Å². The Balaban J connectivity index is 1.47. The first kappa shape index (κ1) is 34.8. The van der Waals surface area contributed by atoms with E-state index in [2.05, 4.69) is 10.3 Å². The summed E-state index contributed by atoms with van der Waals surface area (Å²) in [6.07, 6.45) is 6.44. The molecule has 1 aliphatic carbocycles. The van der Waals surface area contributed by atoms with Crippen LogP contribution in [-0.4, -0.2) is 50.5 Å². The van der Waals surface area contributed by atoms with Gasteiger partial charge in [0.2, 0.25) is 0 Å². The lowest BCUT2D eigenvalue weighted by atomic mass is 9.78. The van der Waals surface area contributed by atoms with Crippen LogP contribution in [0.4, 0.5) is 0 Å². The molecule has 4 aromatic rings. The van der Waals surface area contributed by atoms with Crippen molar-refractivity contribution in [1.82, 2.24) is 15.0 Å². The third-order valence-electron chi connectivity index (χ3n) is 8.54. The number of aryl methyl sites for hydroxylation is 1. The summed E-state index contributed by atoms with van der Waals surface area (Å²) in [5, 5.41) is 9.01. The van der Waals surface area contributed by atoms with Gasteiger partial charge in [0.05, 0.1) is 17.6 Å². The summed E-state index contributed by atoms with van der Waals surface area (Å²) in [6.45, 7) is 10.4. The van der Waals surface area contributed by atoms with Crippen LogP contribution in [0, 0.1) is 11.3 Å². The van der Waals surface area contributed by atoms with Crippen LogP contribution in [-0.2, 0) is 25.6 Å². The van der Waals surface area contributed by atoms with Gasteiger partial charge >= 0.3 is 11.9 Å². The summed E-state index contributed by atoms with van der Waals surface area (Å²) in [4.78, 5) is 55.6.